The molecular formula is C12H18O2S2. The fraction of sp³-hybridized carbons (Fsp3) is 0.750. The Bertz CT molecular complexity index is 289. The number of thioether (sulfide) groups is 2. The van der Waals surface area contributed by atoms with Crippen molar-refractivity contribution in [2.45, 2.75) is 36.7 Å². The van der Waals surface area contributed by atoms with Gasteiger partial charge >= 0.3 is 0 Å². The minimum absolute atomic E-state index is 0.119. The van der Waals surface area contributed by atoms with E-state index in [1.807, 2.05) is 17.8 Å². The van der Waals surface area contributed by atoms with Crippen molar-refractivity contribution in [3.8, 4) is 0 Å². The van der Waals surface area contributed by atoms with Crippen LogP contribution in [-0.2, 0) is 9.53 Å². The molecule has 2 unspecified atom stereocenters. The summed E-state index contributed by atoms with van der Waals surface area (Å²) in [5.41, 5.74) is 0. The van der Waals surface area contributed by atoms with Crippen molar-refractivity contribution in [1.82, 2.24) is 0 Å². The molecule has 2 aliphatic rings. The summed E-state index contributed by atoms with van der Waals surface area (Å²) in [7, 11) is 0. The van der Waals surface area contributed by atoms with E-state index in [0.29, 0.717) is 17.6 Å². The molecule has 0 amide bonds. The van der Waals surface area contributed by atoms with Gasteiger partial charge in [-0.05, 0) is 25.3 Å². The zero-order valence-electron chi connectivity index (χ0n) is 9.61. The zero-order valence-corrected chi connectivity index (χ0v) is 11.2. The Labute approximate surface area is 106 Å². The lowest BCUT2D eigenvalue weighted by Gasteiger charge is -2.29. The summed E-state index contributed by atoms with van der Waals surface area (Å²) < 4.78 is 5.47. The molecule has 2 heterocycles. The Kier molecular flexibility index (Phi) is 4.65. The molecule has 0 aromatic carbocycles. The lowest BCUT2D eigenvalue weighted by Crippen LogP contribution is -2.34. The van der Waals surface area contributed by atoms with E-state index in [2.05, 4.69) is 6.92 Å². The van der Waals surface area contributed by atoms with Gasteiger partial charge < -0.3 is 4.74 Å². The number of hydrogen-bond donors (Lipinski definition) is 0. The van der Waals surface area contributed by atoms with Gasteiger partial charge in [0.05, 0.1) is 11.9 Å². The van der Waals surface area contributed by atoms with Crippen LogP contribution in [0.2, 0.25) is 0 Å². The van der Waals surface area contributed by atoms with Crippen LogP contribution < -0.4 is 0 Å². The summed E-state index contributed by atoms with van der Waals surface area (Å²) in [4.78, 5) is 12.3. The lowest BCUT2D eigenvalue weighted by atomic mass is 10.1. The van der Waals surface area contributed by atoms with Crippen molar-refractivity contribution >= 4 is 29.3 Å². The molecule has 0 spiro atoms. The monoisotopic (exact) mass is 258 g/mol. The second kappa shape index (κ2) is 6.01. The summed E-state index contributed by atoms with van der Waals surface area (Å²) in [6, 6.07) is 0. The summed E-state index contributed by atoms with van der Waals surface area (Å²) in [6.07, 6.45) is 5.07. The van der Waals surface area contributed by atoms with Crippen LogP contribution in [0, 0.1) is 0 Å². The number of Topliss-reactive ketones (excluding diaryl/α,β-unsaturated/α-hetero) is 1. The number of ether oxygens (including phenoxy) is 1. The van der Waals surface area contributed by atoms with Crippen molar-refractivity contribution in [3.63, 3.8) is 0 Å². The van der Waals surface area contributed by atoms with Crippen molar-refractivity contribution in [2.24, 2.45) is 0 Å². The first kappa shape index (κ1) is 12.4. The Balaban J connectivity index is 2.04. The smallest absolute Gasteiger partial charge is 0.211 e. The first-order chi connectivity index (χ1) is 7.83. The number of hydrogen-bond acceptors (Lipinski definition) is 4. The summed E-state index contributed by atoms with van der Waals surface area (Å²) in [5.74, 6) is 3.12. The Hall–Kier alpha value is -0.0900. The highest BCUT2D eigenvalue weighted by Gasteiger charge is 2.33. The van der Waals surface area contributed by atoms with E-state index in [9.17, 15) is 4.79 Å². The highest BCUT2D eigenvalue weighted by atomic mass is 32.2. The molecular weight excluding hydrogens is 240 g/mol. The molecule has 0 saturated carbocycles. The first-order valence-electron chi connectivity index (χ1n) is 5.93. The number of carbonyl (C=O) groups excluding carboxylic acids is 1. The quantitative estimate of drug-likeness (QED) is 0.777. The highest BCUT2D eigenvalue weighted by molar-refractivity contribution is 8.07. The van der Waals surface area contributed by atoms with Crippen molar-refractivity contribution < 1.29 is 9.53 Å². The van der Waals surface area contributed by atoms with Crippen molar-refractivity contribution in [1.29, 1.82) is 0 Å². The van der Waals surface area contributed by atoms with Gasteiger partial charge in [-0.3, -0.25) is 4.79 Å². The first-order valence-corrected chi connectivity index (χ1v) is 8.03. The normalized spacial score (nSPS) is 30.4. The molecule has 0 aromatic heterocycles. The predicted octanol–water partition coefficient (Wildman–Crippen LogP) is 2.88. The van der Waals surface area contributed by atoms with Crippen LogP contribution in [0.1, 0.15) is 26.2 Å². The molecule has 2 aliphatic heterocycles. The van der Waals surface area contributed by atoms with Gasteiger partial charge in [-0.15, -0.1) is 11.8 Å². The van der Waals surface area contributed by atoms with Crippen LogP contribution in [0.25, 0.3) is 0 Å². The standard InChI is InChI=1S/C12H18O2S2/c1-2-10-12(16-8-7-15-10)11(13)9-5-3-4-6-14-9/h5,10,12H,2-4,6-8H2,1H3. The molecule has 16 heavy (non-hydrogen) atoms. The van der Waals surface area contributed by atoms with Gasteiger partial charge in [-0.2, -0.15) is 11.8 Å². The minimum Gasteiger partial charge on any atom is -0.490 e. The number of rotatable bonds is 3. The van der Waals surface area contributed by atoms with E-state index in [4.69, 9.17) is 4.74 Å². The van der Waals surface area contributed by atoms with Gasteiger partial charge in [-0.1, -0.05) is 6.92 Å². The third-order valence-electron chi connectivity index (χ3n) is 2.89. The SMILES string of the molecule is CCC1SCCSC1C(=O)C1=CCCCO1. The van der Waals surface area contributed by atoms with Crippen LogP contribution in [0.15, 0.2) is 11.8 Å². The maximum atomic E-state index is 12.3. The van der Waals surface area contributed by atoms with E-state index < -0.39 is 0 Å². The van der Waals surface area contributed by atoms with E-state index in [0.717, 1.165) is 25.0 Å². The number of ketones is 1. The van der Waals surface area contributed by atoms with Gasteiger partial charge in [0.15, 0.2) is 5.76 Å². The predicted molar refractivity (Wildman–Crippen MR) is 71.1 cm³/mol. The lowest BCUT2D eigenvalue weighted by molar-refractivity contribution is -0.118. The van der Waals surface area contributed by atoms with Crippen molar-refractivity contribution in [2.75, 3.05) is 18.1 Å². The van der Waals surface area contributed by atoms with Gasteiger partial charge in [0.25, 0.3) is 0 Å². The van der Waals surface area contributed by atoms with E-state index >= 15 is 0 Å². The van der Waals surface area contributed by atoms with Crippen LogP contribution >= 0.6 is 23.5 Å². The highest BCUT2D eigenvalue weighted by Crippen LogP contribution is 2.35. The Morgan fingerprint density at radius 3 is 3.00 bits per heavy atom. The van der Waals surface area contributed by atoms with Crippen LogP contribution in [-0.4, -0.2) is 34.4 Å². The maximum Gasteiger partial charge on any atom is 0.211 e. The molecule has 1 saturated heterocycles. The second-order valence-corrected chi connectivity index (χ2v) is 6.63. The van der Waals surface area contributed by atoms with E-state index in [1.54, 1.807) is 11.8 Å². The Morgan fingerprint density at radius 2 is 2.31 bits per heavy atom. The molecule has 2 rings (SSSR count). The number of carbonyl (C=O) groups is 1. The maximum absolute atomic E-state index is 12.3. The average Bonchev–Trinajstić information content (AvgIpc) is 2.39. The number of allylic oxidation sites excluding steroid dienone is 2. The molecule has 90 valence electrons. The molecule has 0 radical (unpaired) electrons. The van der Waals surface area contributed by atoms with Gasteiger partial charge in [0.1, 0.15) is 0 Å². The molecule has 0 aromatic rings. The topological polar surface area (TPSA) is 26.3 Å². The van der Waals surface area contributed by atoms with Crippen LogP contribution in [0.4, 0.5) is 0 Å². The summed E-state index contributed by atoms with van der Waals surface area (Å²) >= 11 is 3.75. The van der Waals surface area contributed by atoms with E-state index in [-0.39, 0.29) is 11.0 Å². The van der Waals surface area contributed by atoms with Crippen molar-refractivity contribution in [3.05, 3.63) is 11.8 Å². The second-order valence-electron chi connectivity index (χ2n) is 4.03. The van der Waals surface area contributed by atoms with Crippen LogP contribution in [0.3, 0.4) is 0 Å². The molecule has 0 N–H and O–H groups in total. The molecule has 0 aliphatic carbocycles. The van der Waals surface area contributed by atoms with Crippen LogP contribution in [0.5, 0.6) is 0 Å². The molecule has 1 fully saturated rings. The average molecular weight is 258 g/mol. The van der Waals surface area contributed by atoms with Gasteiger partial charge in [0.2, 0.25) is 5.78 Å². The molecule has 2 atom stereocenters. The molecule has 2 nitrogen and oxygen atoms in total. The third kappa shape index (κ3) is 2.77. The largest absolute Gasteiger partial charge is 0.490 e. The fourth-order valence-corrected chi connectivity index (χ4v) is 5.02. The van der Waals surface area contributed by atoms with E-state index in [1.165, 1.54) is 5.75 Å². The summed E-state index contributed by atoms with van der Waals surface area (Å²) in [6.45, 7) is 2.87. The Morgan fingerprint density at radius 1 is 1.50 bits per heavy atom. The molecule has 4 heteroatoms. The molecule has 0 bridgehead atoms. The third-order valence-corrected chi connectivity index (χ3v) is 6.14. The zero-order chi connectivity index (χ0) is 11.4. The summed E-state index contributed by atoms with van der Waals surface area (Å²) in [5, 5.41) is 0.589. The minimum atomic E-state index is 0.119. The fourth-order valence-electron chi connectivity index (χ4n) is 2.02. The van der Waals surface area contributed by atoms with Gasteiger partial charge in [-0.25, -0.2) is 0 Å². The van der Waals surface area contributed by atoms with Gasteiger partial charge in [0, 0.05) is 16.8 Å².